The lowest BCUT2D eigenvalue weighted by Gasteiger charge is -2.36. The van der Waals surface area contributed by atoms with Gasteiger partial charge in [0.2, 0.25) is 5.91 Å². The molecule has 0 unspecified atom stereocenters. The van der Waals surface area contributed by atoms with Gasteiger partial charge in [-0.15, -0.1) is 10.2 Å². The minimum atomic E-state index is 0.160. The molecular weight excluding hydrogens is 444 g/mol. The van der Waals surface area contributed by atoms with E-state index in [1.165, 1.54) is 23.0 Å². The standard InChI is InChI=1S/C26H34N6OS/c1-4-23(29(2)3)25-27-28-26(32(25)19-21-11-7-5-8-12-21)34-20-24(33)31-17-15-30(16-18-31)22-13-9-6-10-14-22/h5-14,23H,4,15-20H2,1-3H3/t23-/m1/s1. The second kappa shape index (κ2) is 11.5. The number of benzene rings is 2. The topological polar surface area (TPSA) is 57.5 Å². The monoisotopic (exact) mass is 478 g/mol. The van der Waals surface area contributed by atoms with Gasteiger partial charge in [0, 0.05) is 31.9 Å². The fraction of sp³-hybridized carbons (Fsp3) is 0.423. The highest BCUT2D eigenvalue weighted by atomic mass is 32.2. The first-order valence-corrected chi connectivity index (χ1v) is 12.9. The van der Waals surface area contributed by atoms with Crippen LogP contribution in [0.4, 0.5) is 5.69 Å². The lowest BCUT2D eigenvalue weighted by molar-refractivity contribution is -0.128. The van der Waals surface area contributed by atoms with E-state index < -0.39 is 0 Å². The van der Waals surface area contributed by atoms with E-state index in [0.717, 1.165) is 43.6 Å². The van der Waals surface area contributed by atoms with Gasteiger partial charge in [-0.2, -0.15) is 0 Å². The van der Waals surface area contributed by atoms with Gasteiger partial charge in [-0.3, -0.25) is 9.69 Å². The summed E-state index contributed by atoms with van der Waals surface area (Å²) >= 11 is 1.49. The van der Waals surface area contributed by atoms with Crippen molar-refractivity contribution < 1.29 is 4.79 Å². The Morgan fingerprint density at radius 3 is 2.24 bits per heavy atom. The van der Waals surface area contributed by atoms with Gasteiger partial charge in [-0.1, -0.05) is 67.2 Å². The van der Waals surface area contributed by atoms with Crippen molar-refractivity contribution in [1.82, 2.24) is 24.6 Å². The van der Waals surface area contributed by atoms with Crippen molar-refractivity contribution in [1.29, 1.82) is 0 Å². The number of piperazine rings is 1. The van der Waals surface area contributed by atoms with Crippen LogP contribution in [0.15, 0.2) is 65.8 Å². The van der Waals surface area contributed by atoms with E-state index in [2.05, 4.69) is 82.0 Å². The van der Waals surface area contributed by atoms with E-state index in [4.69, 9.17) is 0 Å². The normalized spacial score (nSPS) is 15.1. The molecule has 2 aromatic carbocycles. The molecule has 0 spiro atoms. The van der Waals surface area contributed by atoms with E-state index in [0.29, 0.717) is 12.3 Å². The third kappa shape index (κ3) is 5.80. The second-order valence-electron chi connectivity index (χ2n) is 8.79. The van der Waals surface area contributed by atoms with Gasteiger partial charge >= 0.3 is 0 Å². The van der Waals surface area contributed by atoms with Crippen molar-refractivity contribution in [2.45, 2.75) is 31.1 Å². The molecule has 0 N–H and O–H groups in total. The lowest BCUT2D eigenvalue weighted by Crippen LogP contribution is -2.49. The summed E-state index contributed by atoms with van der Waals surface area (Å²) in [5.41, 5.74) is 2.42. The molecule has 3 aromatic rings. The molecular formula is C26H34N6OS. The zero-order chi connectivity index (χ0) is 23.9. The number of rotatable bonds is 9. The number of anilines is 1. The summed E-state index contributed by atoms with van der Waals surface area (Å²) in [5, 5.41) is 9.86. The maximum atomic E-state index is 13.0. The molecule has 180 valence electrons. The van der Waals surface area contributed by atoms with E-state index in [9.17, 15) is 4.79 Å². The average molecular weight is 479 g/mol. The minimum absolute atomic E-state index is 0.160. The Hall–Kier alpha value is -2.84. The van der Waals surface area contributed by atoms with Gasteiger partial charge in [-0.25, -0.2) is 0 Å². The number of para-hydroxylation sites is 1. The van der Waals surface area contributed by atoms with Crippen LogP contribution in [0.5, 0.6) is 0 Å². The fourth-order valence-corrected chi connectivity index (χ4v) is 5.26. The van der Waals surface area contributed by atoms with Gasteiger partial charge in [0.05, 0.1) is 18.3 Å². The summed E-state index contributed by atoms with van der Waals surface area (Å²) < 4.78 is 2.18. The van der Waals surface area contributed by atoms with Gasteiger partial charge in [-0.05, 0) is 38.2 Å². The van der Waals surface area contributed by atoms with Crippen LogP contribution in [0.25, 0.3) is 0 Å². The molecule has 1 aromatic heterocycles. The Bertz CT molecular complexity index is 1050. The number of nitrogens with zero attached hydrogens (tertiary/aromatic N) is 6. The molecule has 8 heteroatoms. The smallest absolute Gasteiger partial charge is 0.233 e. The van der Waals surface area contributed by atoms with Crippen LogP contribution in [0.3, 0.4) is 0 Å². The average Bonchev–Trinajstić information content (AvgIpc) is 3.26. The number of carbonyl (C=O) groups excluding carboxylic acids is 1. The van der Waals surface area contributed by atoms with E-state index in [1.54, 1.807) is 0 Å². The first kappa shape index (κ1) is 24.3. The van der Waals surface area contributed by atoms with Crippen LogP contribution in [0, 0.1) is 0 Å². The molecule has 1 amide bonds. The number of thioether (sulfide) groups is 1. The van der Waals surface area contributed by atoms with E-state index in [-0.39, 0.29) is 11.9 Å². The van der Waals surface area contributed by atoms with Crippen molar-refractivity contribution >= 4 is 23.4 Å². The number of hydrogen-bond acceptors (Lipinski definition) is 6. The Balaban J connectivity index is 1.42. The van der Waals surface area contributed by atoms with E-state index >= 15 is 0 Å². The molecule has 1 atom stereocenters. The highest BCUT2D eigenvalue weighted by Gasteiger charge is 2.25. The molecule has 1 aliphatic rings. The van der Waals surface area contributed by atoms with Crippen molar-refractivity contribution in [2.75, 3.05) is 50.9 Å². The molecule has 0 aliphatic carbocycles. The van der Waals surface area contributed by atoms with Crippen molar-refractivity contribution in [3.8, 4) is 0 Å². The third-order valence-electron chi connectivity index (χ3n) is 6.32. The van der Waals surface area contributed by atoms with Crippen LogP contribution in [-0.4, -0.2) is 76.5 Å². The Morgan fingerprint density at radius 2 is 1.62 bits per heavy atom. The van der Waals surface area contributed by atoms with Crippen LogP contribution in [0.2, 0.25) is 0 Å². The molecule has 0 bridgehead atoms. The number of hydrogen-bond donors (Lipinski definition) is 0. The maximum absolute atomic E-state index is 13.0. The summed E-state index contributed by atoms with van der Waals surface area (Å²) in [7, 11) is 4.14. The molecule has 34 heavy (non-hydrogen) atoms. The summed E-state index contributed by atoms with van der Waals surface area (Å²) in [6.07, 6.45) is 0.940. The second-order valence-corrected chi connectivity index (χ2v) is 9.73. The Kier molecular flexibility index (Phi) is 8.24. The molecule has 0 saturated carbocycles. The minimum Gasteiger partial charge on any atom is -0.368 e. The zero-order valence-electron chi connectivity index (χ0n) is 20.3. The molecule has 1 aliphatic heterocycles. The highest BCUT2D eigenvalue weighted by molar-refractivity contribution is 7.99. The molecule has 0 radical (unpaired) electrons. The summed E-state index contributed by atoms with van der Waals surface area (Å²) in [6.45, 7) is 6.06. The van der Waals surface area contributed by atoms with Gasteiger partial charge in [0.25, 0.3) is 0 Å². The maximum Gasteiger partial charge on any atom is 0.233 e. The predicted molar refractivity (Wildman–Crippen MR) is 138 cm³/mol. The lowest BCUT2D eigenvalue weighted by atomic mass is 10.2. The Labute approximate surface area is 206 Å². The van der Waals surface area contributed by atoms with Crippen LogP contribution in [0.1, 0.15) is 30.8 Å². The van der Waals surface area contributed by atoms with Crippen molar-refractivity contribution in [2.24, 2.45) is 0 Å². The van der Waals surface area contributed by atoms with Crippen molar-refractivity contribution in [3.05, 3.63) is 72.1 Å². The van der Waals surface area contributed by atoms with Crippen molar-refractivity contribution in [3.63, 3.8) is 0 Å². The molecule has 1 saturated heterocycles. The van der Waals surface area contributed by atoms with Gasteiger partial charge < -0.3 is 14.4 Å². The zero-order valence-corrected chi connectivity index (χ0v) is 21.1. The SMILES string of the molecule is CC[C@H](c1nnc(SCC(=O)N2CCN(c3ccccc3)CC2)n1Cc1ccccc1)N(C)C. The highest BCUT2D eigenvalue weighted by Crippen LogP contribution is 2.26. The molecule has 2 heterocycles. The quantitative estimate of drug-likeness (QED) is 0.436. The summed E-state index contributed by atoms with van der Waals surface area (Å²) in [5.74, 6) is 1.48. The van der Waals surface area contributed by atoms with E-state index in [1.807, 2.05) is 29.2 Å². The summed E-state index contributed by atoms with van der Waals surface area (Å²) in [6, 6.07) is 20.9. The van der Waals surface area contributed by atoms with Crippen LogP contribution < -0.4 is 4.90 Å². The number of carbonyl (C=O) groups is 1. The fourth-order valence-electron chi connectivity index (χ4n) is 4.42. The first-order chi connectivity index (χ1) is 16.6. The van der Waals surface area contributed by atoms with Gasteiger partial charge in [0.15, 0.2) is 11.0 Å². The van der Waals surface area contributed by atoms with Crippen LogP contribution >= 0.6 is 11.8 Å². The molecule has 1 fully saturated rings. The first-order valence-electron chi connectivity index (χ1n) is 11.9. The predicted octanol–water partition coefficient (Wildman–Crippen LogP) is 3.78. The molecule has 7 nitrogen and oxygen atoms in total. The van der Waals surface area contributed by atoms with Crippen LogP contribution in [-0.2, 0) is 11.3 Å². The molecule has 4 rings (SSSR count). The largest absolute Gasteiger partial charge is 0.368 e. The van der Waals surface area contributed by atoms with Gasteiger partial charge in [0.1, 0.15) is 0 Å². The number of amides is 1. The number of aromatic nitrogens is 3. The summed E-state index contributed by atoms with van der Waals surface area (Å²) in [4.78, 5) is 19.5. The Morgan fingerprint density at radius 1 is 0.971 bits per heavy atom. The third-order valence-corrected chi connectivity index (χ3v) is 7.27.